The normalized spacial score (nSPS) is 17.3. The van der Waals surface area contributed by atoms with Gasteiger partial charge in [0.2, 0.25) is 11.9 Å². The Hall–Kier alpha value is -3.04. The van der Waals surface area contributed by atoms with E-state index >= 15 is 0 Å². The van der Waals surface area contributed by atoms with Crippen molar-refractivity contribution in [2.75, 3.05) is 54.5 Å². The Morgan fingerprint density at radius 3 is 2.31 bits per heavy atom. The molecule has 1 atom stereocenters. The summed E-state index contributed by atoms with van der Waals surface area (Å²) < 4.78 is 7.54. The monoisotopic (exact) mass is 492 g/mol. The first-order chi connectivity index (χ1) is 17.2. The summed E-state index contributed by atoms with van der Waals surface area (Å²) >= 11 is 1.41. The summed E-state index contributed by atoms with van der Waals surface area (Å²) in [5, 5.41) is 12.4. The van der Waals surface area contributed by atoms with E-state index in [2.05, 4.69) is 37.4 Å². The molecule has 5 rings (SSSR count). The van der Waals surface area contributed by atoms with Crippen LogP contribution in [-0.4, -0.2) is 65.3 Å². The maximum absolute atomic E-state index is 13.0. The summed E-state index contributed by atoms with van der Waals surface area (Å²) in [4.78, 5) is 17.6. The summed E-state index contributed by atoms with van der Waals surface area (Å²) in [6, 6.07) is 18.2. The number of carbonyl (C=O) groups excluding carboxylic acids is 1. The van der Waals surface area contributed by atoms with Crippen LogP contribution in [0.5, 0.6) is 0 Å². The number of morpholine rings is 1. The summed E-state index contributed by atoms with van der Waals surface area (Å²) in [7, 11) is 0. The largest absolute Gasteiger partial charge is 0.378 e. The van der Waals surface area contributed by atoms with Crippen LogP contribution in [-0.2, 0) is 9.53 Å². The molecule has 35 heavy (non-hydrogen) atoms. The molecule has 2 aliphatic rings. The third-order valence-electron chi connectivity index (χ3n) is 6.43. The highest BCUT2D eigenvalue weighted by molar-refractivity contribution is 8.00. The van der Waals surface area contributed by atoms with Gasteiger partial charge in [-0.1, -0.05) is 30.0 Å². The van der Waals surface area contributed by atoms with Crippen molar-refractivity contribution < 1.29 is 9.53 Å². The van der Waals surface area contributed by atoms with Crippen LogP contribution >= 0.6 is 11.8 Å². The van der Waals surface area contributed by atoms with Crippen LogP contribution in [0.25, 0.3) is 5.69 Å². The number of amides is 1. The van der Waals surface area contributed by atoms with E-state index in [9.17, 15) is 4.79 Å². The van der Waals surface area contributed by atoms with Gasteiger partial charge in [-0.25, -0.2) is 0 Å². The summed E-state index contributed by atoms with van der Waals surface area (Å²) in [5.41, 5.74) is 3.00. The standard InChI is InChI=1S/C26H32N6O2S/c1-20(24(33)27-21-10-12-22(13-11-21)30-14-6-3-7-15-30)35-26-29-28-25(31-16-18-34-19-17-31)32(26)23-8-4-2-5-9-23/h2,4-5,8-13,20H,3,6-7,14-19H2,1H3,(H,27,33). The predicted octanol–water partition coefficient (Wildman–Crippen LogP) is 4.21. The van der Waals surface area contributed by atoms with Gasteiger partial charge in [0, 0.05) is 37.6 Å². The first-order valence-corrected chi connectivity index (χ1v) is 13.2. The Morgan fingerprint density at radius 2 is 1.60 bits per heavy atom. The lowest BCUT2D eigenvalue weighted by atomic mass is 10.1. The number of aromatic nitrogens is 3. The Bertz CT molecular complexity index is 1110. The van der Waals surface area contributed by atoms with Gasteiger partial charge >= 0.3 is 0 Å². The fourth-order valence-corrected chi connectivity index (χ4v) is 5.34. The Kier molecular flexibility index (Phi) is 7.54. The molecule has 3 heterocycles. The van der Waals surface area contributed by atoms with E-state index in [1.54, 1.807) is 0 Å². The number of carbonyl (C=O) groups is 1. The van der Waals surface area contributed by atoms with E-state index in [1.165, 1.54) is 36.7 Å². The molecule has 0 aliphatic carbocycles. The van der Waals surface area contributed by atoms with Crippen molar-refractivity contribution in [1.82, 2.24) is 14.8 Å². The topological polar surface area (TPSA) is 75.5 Å². The zero-order chi connectivity index (χ0) is 24.0. The van der Waals surface area contributed by atoms with Crippen LogP contribution in [0.15, 0.2) is 59.8 Å². The second kappa shape index (κ2) is 11.1. The van der Waals surface area contributed by atoms with Gasteiger partial charge in [0.15, 0.2) is 5.16 Å². The number of thioether (sulfide) groups is 1. The summed E-state index contributed by atoms with van der Waals surface area (Å²) in [5.74, 6) is 0.721. The third-order valence-corrected chi connectivity index (χ3v) is 7.47. The molecule has 0 bridgehead atoms. The molecular weight excluding hydrogens is 460 g/mol. The quantitative estimate of drug-likeness (QED) is 0.495. The number of anilines is 3. The molecule has 184 valence electrons. The van der Waals surface area contributed by atoms with Crippen LogP contribution in [0, 0.1) is 0 Å². The van der Waals surface area contributed by atoms with E-state index < -0.39 is 0 Å². The molecule has 3 aromatic rings. The predicted molar refractivity (Wildman–Crippen MR) is 141 cm³/mol. The maximum Gasteiger partial charge on any atom is 0.237 e. The molecular formula is C26H32N6O2S. The van der Waals surface area contributed by atoms with Crippen molar-refractivity contribution in [2.45, 2.75) is 36.6 Å². The number of para-hydroxylation sites is 1. The summed E-state index contributed by atoms with van der Waals surface area (Å²) in [6.07, 6.45) is 3.80. The lowest BCUT2D eigenvalue weighted by molar-refractivity contribution is -0.115. The van der Waals surface area contributed by atoms with Crippen molar-refractivity contribution in [1.29, 1.82) is 0 Å². The molecule has 0 radical (unpaired) electrons. The molecule has 1 unspecified atom stereocenters. The molecule has 8 nitrogen and oxygen atoms in total. The molecule has 1 aromatic heterocycles. The minimum atomic E-state index is -0.346. The first kappa shape index (κ1) is 23.7. The molecule has 2 saturated heterocycles. The average Bonchev–Trinajstić information content (AvgIpc) is 3.34. The van der Waals surface area contributed by atoms with Gasteiger partial charge in [0.25, 0.3) is 0 Å². The van der Waals surface area contributed by atoms with Crippen LogP contribution in [0.2, 0.25) is 0 Å². The number of hydrogen-bond donors (Lipinski definition) is 1. The lowest BCUT2D eigenvalue weighted by Crippen LogP contribution is -2.37. The van der Waals surface area contributed by atoms with Crippen molar-refractivity contribution in [3.05, 3.63) is 54.6 Å². The van der Waals surface area contributed by atoms with Crippen molar-refractivity contribution in [2.24, 2.45) is 0 Å². The van der Waals surface area contributed by atoms with Crippen molar-refractivity contribution >= 4 is 35.0 Å². The Labute approximate surface area is 210 Å². The molecule has 2 fully saturated rings. The summed E-state index contributed by atoms with van der Waals surface area (Å²) in [6.45, 7) is 6.97. The first-order valence-electron chi connectivity index (χ1n) is 12.3. The van der Waals surface area contributed by atoms with Gasteiger partial charge in [0.1, 0.15) is 0 Å². The van der Waals surface area contributed by atoms with E-state index in [4.69, 9.17) is 4.74 Å². The minimum absolute atomic E-state index is 0.0590. The van der Waals surface area contributed by atoms with Crippen LogP contribution in [0.3, 0.4) is 0 Å². The van der Waals surface area contributed by atoms with Crippen molar-refractivity contribution in [3.63, 3.8) is 0 Å². The zero-order valence-electron chi connectivity index (χ0n) is 20.1. The van der Waals surface area contributed by atoms with Crippen LogP contribution in [0.1, 0.15) is 26.2 Å². The number of hydrogen-bond acceptors (Lipinski definition) is 7. The van der Waals surface area contributed by atoms with E-state index in [0.29, 0.717) is 18.4 Å². The smallest absolute Gasteiger partial charge is 0.237 e. The average molecular weight is 493 g/mol. The van der Waals surface area contributed by atoms with Gasteiger partial charge in [0.05, 0.1) is 24.2 Å². The molecule has 1 amide bonds. The highest BCUT2D eigenvalue weighted by Crippen LogP contribution is 2.30. The van der Waals surface area contributed by atoms with Gasteiger partial charge in [-0.15, -0.1) is 10.2 Å². The van der Waals surface area contributed by atoms with Crippen LogP contribution in [0.4, 0.5) is 17.3 Å². The number of rotatable bonds is 7. The number of benzene rings is 2. The maximum atomic E-state index is 13.0. The van der Waals surface area contributed by atoms with Gasteiger partial charge in [-0.2, -0.15) is 0 Å². The number of piperidine rings is 1. The Morgan fingerprint density at radius 1 is 0.886 bits per heavy atom. The molecule has 9 heteroatoms. The minimum Gasteiger partial charge on any atom is -0.378 e. The van der Waals surface area contributed by atoms with Gasteiger partial charge < -0.3 is 19.9 Å². The third kappa shape index (κ3) is 5.62. The second-order valence-electron chi connectivity index (χ2n) is 8.90. The fraction of sp³-hybridized carbons (Fsp3) is 0.423. The van der Waals surface area contributed by atoms with Gasteiger partial charge in [-0.05, 0) is 62.6 Å². The SMILES string of the molecule is CC(Sc1nnc(N2CCOCC2)n1-c1ccccc1)C(=O)Nc1ccc(N2CCCCC2)cc1. The van der Waals surface area contributed by atoms with Gasteiger partial charge in [-0.3, -0.25) is 9.36 Å². The van der Waals surface area contributed by atoms with E-state index in [-0.39, 0.29) is 11.2 Å². The second-order valence-corrected chi connectivity index (χ2v) is 10.2. The number of nitrogens with one attached hydrogen (secondary N) is 1. The molecule has 0 spiro atoms. The van der Waals surface area contributed by atoms with Crippen LogP contribution < -0.4 is 15.1 Å². The van der Waals surface area contributed by atoms with Crippen molar-refractivity contribution in [3.8, 4) is 5.69 Å². The molecule has 0 saturated carbocycles. The molecule has 1 N–H and O–H groups in total. The molecule has 2 aromatic carbocycles. The number of ether oxygens (including phenoxy) is 1. The lowest BCUT2D eigenvalue weighted by Gasteiger charge is -2.28. The van der Waals surface area contributed by atoms with E-state index in [0.717, 1.165) is 43.5 Å². The fourth-order valence-electron chi connectivity index (χ4n) is 4.47. The highest BCUT2D eigenvalue weighted by Gasteiger charge is 2.25. The molecule has 2 aliphatic heterocycles. The zero-order valence-corrected chi connectivity index (χ0v) is 20.9. The number of nitrogens with zero attached hydrogens (tertiary/aromatic N) is 5. The Balaban J connectivity index is 1.28. The van der Waals surface area contributed by atoms with E-state index in [1.807, 2.05) is 54.0 Å². The highest BCUT2D eigenvalue weighted by atomic mass is 32.2.